The van der Waals surface area contributed by atoms with Crippen molar-refractivity contribution in [3.05, 3.63) is 27.9 Å². The van der Waals surface area contributed by atoms with E-state index in [-0.39, 0.29) is 0 Å². The van der Waals surface area contributed by atoms with Crippen LogP contribution < -0.4 is 5.32 Å². The summed E-state index contributed by atoms with van der Waals surface area (Å²) in [4.78, 5) is 4.64. The van der Waals surface area contributed by atoms with Crippen LogP contribution in [0.5, 0.6) is 0 Å². The van der Waals surface area contributed by atoms with Gasteiger partial charge in [0.25, 0.3) is 0 Å². The molecule has 3 nitrogen and oxygen atoms in total. The Morgan fingerprint density at radius 3 is 2.85 bits per heavy atom. The molecule has 2 N–H and O–H groups in total. The number of aromatic nitrogens is 1. The highest BCUT2D eigenvalue weighted by Crippen LogP contribution is 2.28. The predicted molar refractivity (Wildman–Crippen MR) is 85.2 cm³/mol. The molecular weight excluding hydrogens is 288 g/mol. The Balaban J connectivity index is 1.51. The Hall–Kier alpha value is -0.750. The number of rotatable bonds is 5. The summed E-state index contributed by atoms with van der Waals surface area (Å²) in [6.45, 7) is 1.42. The molecule has 20 heavy (non-hydrogen) atoms. The topological polar surface area (TPSA) is 45.1 Å². The number of nitrogens with zero attached hydrogens (tertiary/aromatic N) is 1. The Morgan fingerprint density at radius 2 is 2.10 bits per heavy atom. The smallest absolute Gasteiger partial charge is 0.124 e. The molecule has 0 atom stereocenters. The molecular formula is C15H20N2OS2. The van der Waals surface area contributed by atoms with E-state index in [0.717, 1.165) is 42.9 Å². The molecule has 2 aromatic heterocycles. The van der Waals surface area contributed by atoms with E-state index >= 15 is 0 Å². The molecule has 5 heteroatoms. The van der Waals surface area contributed by atoms with Crippen LogP contribution in [0.1, 0.15) is 37.8 Å². The minimum atomic E-state index is -0.496. The van der Waals surface area contributed by atoms with E-state index in [1.165, 1.54) is 12.0 Å². The van der Waals surface area contributed by atoms with Gasteiger partial charge in [-0.1, -0.05) is 19.3 Å². The van der Waals surface area contributed by atoms with Gasteiger partial charge < -0.3 is 10.4 Å². The van der Waals surface area contributed by atoms with Gasteiger partial charge in [0.15, 0.2) is 0 Å². The van der Waals surface area contributed by atoms with E-state index in [2.05, 4.69) is 32.5 Å². The fourth-order valence-electron chi connectivity index (χ4n) is 2.72. The Kier molecular flexibility index (Phi) is 4.51. The summed E-state index contributed by atoms with van der Waals surface area (Å²) in [6.07, 6.45) is 5.42. The highest BCUT2D eigenvalue weighted by molar-refractivity contribution is 7.14. The van der Waals surface area contributed by atoms with Gasteiger partial charge in [0.05, 0.1) is 11.3 Å². The normalized spacial score (nSPS) is 18.2. The highest BCUT2D eigenvalue weighted by atomic mass is 32.1. The summed E-state index contributed by atoms with van der Waals surface area (Å²) in [5.74, 6) is 0. The zero-order valence-corrected chi connectivity index (χ0v) is 13.1. The third-order valence-corrected chi connectivity index (χ3v) is 5.49. The van der Waals surface area contributed by atoms with Crippen molar-refractivity contribution < 1.29 is 5.11 Å². The van der Waals surface area contributed by atoms with Crippen LogP contribution in [0.2, 0.25) is 0 Å². The largest absolute Gasteiger partial charge is 0.389 e. The lowest BCUT2D eigenvalue weighted by Gasteiger charge is -2.32. The van der Waals surface area contributed by atoms with Crippen LogP contribution in [0.3, 0.4) is 0 Å². The monoisotopic (exact) mass is 308 g/mol. The first-order chi connectivity index (χ1) is 9.75. The standard InChI is InChI=1S/C15H20N2OS2/c18-15(5-2-1-3-6-15)11-16-8-13-10-20-14(17-13)12-4-7-19-9-12/h4,7,9-10,16,18H,1-3,5-6,8,11H2. The number of hydrogen-bond donors (Lipinski definition) is 2. The van der Waals surface area contributed by atoms with E-state index in [0.29, 0.717) is 6.54 Å². The zero-order valence-electron chi connectivity index (χ0n) is 11.5. The van der Waals surface area contributed by atoms with E-state index in [1.807, 2.05) is 0 Å². The van der Waals surface area contributed by atoms with Gasteiger partial charge in [-0.05, 0) is 24.3 Å². The van der Waals surface area contributed by atoms with Crippen LogP contribution in [-0.4, -0.2) is 22.2 Å². The molecule has 1 aliphatic carbocycles. The second-order valence-corrected chi connectivity index (χ2v) is 7.18. The second-order valence-electron chi connectivity index (χ2n) is 5.54. The van der Waals surface area contributed by atoms with Crippen molar-refractivity contribution in [2.24, 2.45) is 0 Å². The molecule has 1 saturated carbocycles. The molecule has 1 aliphatic rings. The highest BCUT2D eigenvalue weighted by Gasteiger charge is 2.28. The summed E-state index contributed by atoms with van der Waals surface area (Å²) >= 11 is 3.38. The molecule has 0 aliphatic heterocycles. The number of nitrogens with one attached hydrogen (secondary N) is 1. The maximum absolute atomic E-state index is 10.4. The molecule has 2 aromatic rings. The second kappa shape index (κ2) is 6.35. The fraction of sp³-hybridized carbons (Fsp3) is 0.533. The molecule has 0 saturated heterocycles. The lowest BCUT2D eigenvalue weighted by Crippen LogP contribution is -2.41. The van der Waals surface area contributed by atoms with E-state index < -0.39 is 5.60 Å². The number of hydrogen-bond acceptors (Lipinski definition) is 5. The minimum Gasteiger partial charge on any atom is -0.389 e. The Morgan fingerprint density at radius 1 is 1.25 bits per heavy atom. The maximum Gasteiger partial charge on any atom is 0.124 e. The summed E-state index contributed by atoms with van der Waals surface area (Å²) in [7, 11) is 0. The summed E-state index contributed by atoms with van der Waals surface area (Å²) < 4.78 is 0. The summed E-state index contributed by atoms with van der Waals surface area (Å²) in [5.41, 5.74) is 1.78. The third-order valence-electron chi connectivity index (χ3n) is 3.86. The summed E-state index contributed by atoms with van der Waals surface area (Å²) in [5, 5.41) is 21.2. The molecule has 108 valence electrons. The third kappa shape index (κ3) is 3.47. The number of aliphatic hydroxyl groups is 1. The van der Waals surface area contributed by atoms with Crippen LogP contribution in [0.4, 0.5) is 0 Å². The Labute approximate surface area is 127 Å². The molecule has 0 radical (unpaired) electrons. The molecule has 0 unspecified atom stereocenters. The molecule has 0 bridgehead atoms. The molecule has 2 heterocycles. The quantitative estimate of drug-likeness (QED) is 0.886. The fourth-order valence-corrected chi connectivity index (χ4v) is 4.25. The van der Waals surface area contributed by atoms with Crippen LogP contribution in [0, 0.1) is 0 Å². The number of thiazole rings is 1. The average Bonchev–Trinajstić information content (AvgIpc) is 3.09. The first kappa shape index (κ1) is 14.2. The first-order valence-corrected chi connectivity index (χ1v) is 8.98. The molecule has 0 amide bonds. The van der Waals surface area contributed by atoms with E-state index in [1.54, 1.807) is 22.7 Å². The van der Waals surface area contributed by atoms with Crippen molar-refractivity contribution in [3.8, 4) is 10.6 Å². The van der Waals surface area contributed by atoms with Crippen LogP contribution in [-0.2, 0) is 6.54 Å². The van der Waals surface area contributed by atoms with Crippen molar-refractivity contribution in [1.29, 1.82) is 0 Å². The SMILES string of the molecule is OC1(CNCc2csc(-c3ccsc3)n2)CCCCC1. The average molecular weight is 308 g/mol. The van der Waals surface area contributed by atoms with Gasteiger partial charge in [0.2, 0.25) is 0 Å². The van der Waals surface area contributed by atoms with Crippen molar-refractivity contribution in [3.63, 3.8) is 0 Å². The molecule has 0 aromatic carbocycles. The molecule has 3 rings (SSSR count). The lowest BCUT2D eigenvalue weighted by molar-refractivity contribution is 0.00463. The van der Waals surface area contributed by atoms with Crippen LogP contribution >= 0.6 is 22.7 Å². The van der Waals surface area contributed by atoms with Gasteiger partial charge in [-0.3, -0.25) is 0 Å². The van der Waals surface area contributed by atoms with Gasteiger partial charge in [0.1, 0.15) is 5.01 Å². The van der Waals surface area contributed by atoms with E-state index in [4.69, 9.17) is 0 Å². The minimum absolute atomic E-state index is 0.496. The Bertz CT molecular complexity index is 530. The zero-order chi connectivity index (χ0) is 13.8. The van der Waals surface area contributed by atoms with Crippen molar-refractivity contribution in [2.45, 2.75) is 44.2 Å². The summed E-state index contributed by atoms with van der Waals surface area (Å²) in [6, 6.07) is 2.10. The van der Waals surface area contributed by atoms with Gasteiger partial charge in [-0.2, -0.15) is 11.3 Å². The van der Waals surface area contributed by atoms with Gasteiger partial charge >= 0.3 is 0 Å². The van der Waals surface area contributed by atoms with Gasteiger partial charge in [0, 0.05) is 29.4 Å². The van der Waals surface area contributed by atoms with E-state index in [9.17, 15) is 5.11 Å². The first-order valence-electron chi connectivity index (χ1n) is 7.15. The van der Waals surface area contributed by atoms with Crippen molar-refractivity contribution in [1.82, 2.24) is 10.3 Å². The van der Waals surface area contributed by atoms with Gasteiger partial charge in [-0.15, -0.1) is 11.3 Å². The molecule has 1 fully saturated rings. The van der Waals surface area contributed by atoms with Crippen LogP contribution in [0.25, 0.3) is 10.6 Å². The lowest BCUT2D eigenvalue weighted by atomic mass is 9.85. The predicted octanol–water partition coefficient (Wildman–Crippen LogP) is 3.66. The van der Waals surface area contributed by atoms with Crippen LogP contribution in [0.15, 0.2) is 22.2 Å². The molecule has 0 spiro atoms. The van der Waals surface area contributed by atoms with Gasteiger partial charge in [-0.25, -0.2) is 4.98 Å². The van der Waals surface area contributed by atoms with Crippen molar-refractivity contribution >= 4 is 22.7 Å². The van der Waals surface area contributed by atoms with Crippen molar-refractivity contribution in [2.75, 3.05) is 6.54 Å². The maximum atomic E-state index is 10.4. The number of thiophene rings is 1.